The molecule has 1 aliphatic heterocycles. The second-order valence-electron chi connectivity index (χ2n) is 5.76. The largest absolute Gasteiger partial charge is 0.356 e. The third-order valence-corrected chi connectivity index (χ3v) is 4.15. The Morgan fingerprint density at radius 1 is 1.00 bits per heavy atom. The molecule has 0 aromatic heterocycles. The van der Waals surface area contributed by atoms with E-state index in [2.05, 4.69) is 16.0 Å². The molecule has 1 saturated heterocycles. The van der Waals surface area contributed by atoms with Crippen molar-refractivity contribution >= 4 is 23.0 Å². The number of benzene rings is 2. The van der Waals surface area contributed by atoms with Crippen molar-refractivity contribution in [2.45, 2.75) is 6.92 Å². The predicted molar refractivity (Wildman–Crippen MR) is 90.3 cm³/mol. The van der Waals surface area contributed by atoms with Crippen molar-refractivity contribution in [1.82, 2.24) is 5.32 Å². The van der Waals surface area contributed by atoms with Crippen LogP contribution in [0, 0.1) is 11.8 Å². The lowest BCUT2D eigenvalue weighted by atomic mass is 9.88. The molecule has 1 unspecified atom stereocenters. The maximum absolute atomic E-state index is 12.2. The molecule has 114 valence electrons. The van der Waals surface area contributed by atoms with Gasteiger partial charge in [0.1, 0.15) is 0 Å². The van der Waals surface area contributed by atoms with E-state index in [1.54, 1.807) is 0 Å². The minimum Gasteiger partial charge on any atom is -0.356 e. The Morgan fingerprint density at radius 2 is 1.59 bits per heavy atom. The normalized spacial score (nSPS) is 15.7. The SMILES string of the molecule is CC(C(=O)Nc1ccc(Nc2ccccc2)cc1)C1CNC1. The number of rotatable bonds is 5. The van der Waals surface area contributed by atoms with Crippen molar-refractivity contribution < 1.29 is 4.79 Å². The van der Waals surface area contributed by atoms with Crippen LogP contribution in [0.1, 0.15) is 6.92 Å². The van der Waals surface area contributed by atoms with Gasteiger partial charge in [0.05, 0.1) is 0 Å². The summed E-state index contributed by atoms with van der Waals surface area (Å²) in [6, 6.07) is 17.8. The van der Waals surface area contributed by atoms with Gasteiger partial charge < -0.3 is 16.0 Å². The Morgan fingerprint density at radius 3 is 2.18 bits per heavy atom. The van der Waals surface area contributed by atoms with Gasteiger partial charge >= 0.3 is 0 Å². The van der Waals surface area contributed by atoms with Gasteiger partial charge in [-0.05, 0) is 55.4 Å². The second kappa shape index (κ2) is 6.62. The molecule has 22 heavy (non-hydrogen) atoms. The van der Waals surface area contributed by atoms with Crippen LogP contribution in [-0.4, -0.2) is 19.0 Å². The second-order valence-corrected chi connectivity index (χ2v) is 5.76. The number of amides is 1. The van der Waals surface area contributed by atoms with Gasteiger partial charge in [-0.3, -0.25) is 4.79 Å². The fraction of sp³-hybridized carbons (Fsp3) is 0.278. The standard InChI is InChI=1S/C18H21N3O/c1-13(14-11-19-12-14)18(22)21-17-9-7-16(8-10-17)20-15-5-3-2-4-6-15/h2-10,13-14,19-20H,11-12H2,1H3,(H,21,22). The van der Waals surface area contributed by atoms with Crippen LogP contribution in [0.2, 0.25) is 0 Å². The highest BCUT2D eigenvalue weighted by Crippen LogP contribution is 2.21. The third kappa shape index (κ3) is 3.46. The molecule has 1 fully saturated rings. The molecule has 3 N–H and O–H groups in total. The van der Waals surface area contributed by atoms with E-state index in [9.17, 15) is 4.79 Å². The highest BCUT2D eigenvalue weighted by molar-refractivity contribution is 5.92. The summed E-state index contributed by atoms with van der Waals surface area (Å²) in [5.74, 6) is 0.595. The summed E-state index contributed by atoms with van der Waals surface area (Å²) in [6.45, 7) is 3.87. The van der Waals surface area contributed by atoms with Crippen LogP contribution in [0.5, 0.6) is 0 Å². The van der Waals surface area contributed by atoms with E-state index in [-0.39, 0.29) is 11.8 Å². The van der Waals surface area contributed by atoms with E-state index in [0.717, 1.165) is 30.2 Å². The van der Waals surface area contributed by atoms with Gasteiger partial charge in [-0.1, -0.05) is 25.1 Å². The van der Waals surface area contributed by atoms with Crippen LogP contribution in [0.25, 0.3) is 0 Å². The number of hydrogen-bond acceptors (Lipinski definition) is 3. The zero-order valence-electron chi connectivity index (χ0n) is 12.7. The summed E-state index contributed by atoms with van der Waals surface area (Å²) >= 11 is 0. The maximum atomic E-state index is 12.2. The van der Waals surface area contributed by atoms with Gasteiger partial charge in [0.15, 0.2) is 0 Å². The van der Waals surface area contributed by atoms with Gasteiger partial charge in [0.2, 0.25) is 5.91 Å². The van der Waals surface area contributed by atoms with Crippen molar-refractivity contribution in [1.29, 1.82) is 0 Å². The van der Waals surface area contributed by atoms with Gasteiger partial charge in [-0.25, -0.2) is 0 Å². The third-order valence-electron chi connectivity index (χ3n) is 4.15. The van der Waals surface area contributed by atoms with Gasteiger partial charge in [-0.15, -0.1) is 0 Å². The molecule has 2 aromatic carbocycles. The molecular weight excluding hydrogens is 274 g/mol. The molecule has 0 radical (unpaired) electrons. The topological polar surface area (TPSA) is 53.2 Å². The molecule has 1 heterocycles. The van der Waals surface area contributed by atoms with E-state index < -0.39 is 0 Å². The monoisotopic (exact) mass is 295 g/mol. The Hall–Kier alpha value is -2.33. The molecule has 0 saturated carbocycles. The highest BCUT2D eigenvalue weighted by Gasteiger charge is 2.28. The lowest BCUT2D eigenvalue weighted by Gasteiger charge is -2.31. The minimum absolute atomic E-state index is 0.0448. The molecule has 2 aromatic rings. The van der Waals surface area contributed by atoms with Gasteiger partial charge in [0, 0.05) is 23.0 Å². The fourth-order valence-corrected chi connectivity index (χ4v) is 2.46. The lowest BCUT2D eigenvalue weighted by molar-refractivity contribution is -0.121. The molecule has 1 amide bonds. The van der Waals surface area contributed by atoms with Gasteiger partial charge in [-0.2, -0.15) is 0 Å². The van der Waals surface area contributed by atoms with Crippen LogP contribution in [-0.2, 0) is 4.79 Å². The summed E-state index contributed by atoms with van der Waals surface area (Å²) in [5.41, 5.74) is 2.88. The van der Waals surface area contributed by atoms with Crippen molar-refractivity contribution in [2.24, 2.45) is 11.8 Å². The van der Waals surface area contributed by atoms with Crippen LogP contribution in [0.15, 0.2) is 54.6 Å². The van der Waals surface area contributed by atoms with Crippen LogP contribution >= 0.6 is 0 Å². The fourth-order valence-electron chi connectivity index (χ4n) is 2.46. The number of carbonyl (C=O) groups is 1. The molecule has 0 spiro atoms. The van der Waals surface area contributed by atoms with Crippen molar-refractivity contribution in [2.75, 3.05) is 23.7 Å². The highest BCUT2D eigenvalue weighted by atomic mass is 16.1. The number of anilines is 3. The number of para-hydroxylation sites is 1. The summed E-state index contributed by atoms with van der Waals surface area (Å²) in [5, 5.41) is 9.51. The number of nitrogens with one attached hydrogen (secondary N) is 3. The van der Waals surface area contributed by atoms with E-state index >= 15 is 0 Å². The average Bonchev–Trinajstić information content (AvgIpc) is 2.48. The van der Waals surface area contributed by atoms with E-state index in [1.807, 2.05) is 61.5 Å². The summed E-state index contributed by atoms with van der Waals surface area (Å²) in [4.78, 5) is 12.2. The molecule has 3 rings (SSSR count). The van der Waals surface area contributed by atoms with E-state index in [0.29, 0.717) is 5.92 Å². The quantitative estimate of drug-likeness (QED) is 0.794. The van der Waals surface area contributed by atoms with E-state index in [4.69, 9.17) is 0 Å². The molecule has 0 aliphatic carbocycles. The predicted octanol–water partition coefficient (Wildman–Crippen LogP) is 3.22. The summed E-state index contributed by atoms with van der Waals surface area (Å²) in [6.07, 6.45) is 0. The van der Waals surface area contributed by atoms with Crippen LogP contribution in [0.4, 0.5) is 17.1 Å². The molecule has 0 bridgehead atoms. The van der Waals surface area contributed by atoms with Crippen molar-refractivity contribution in [3.05, 3.63) is 54.6 Å². The Balaban J connectivity index is 1.58. The zero-order valence-corrected chi connectivity index (χ0v) is 12.7. The number of hydrogen-bond donors (Lipinski definition) is 3. The van der Waals surface area contributed by atoms with Crippen LogP contribution < -0.4 is 16.0 Å². The maximum Gasteiger partial charge on any atom is 0.227 e. The smallest absolute Gasteiger partial charge is 0.227 e. The summed E-state index contributed by atoms with van der Waals surface area (Å²) in [7, 11) is 0. The number of carbonyl (C=O) groups excluding carboxylic acids is 1. The summed E-state index contributed by atoms with van der Waals surface area (Å²) < 4.78 is 0. The molecular formula is C18H21N3O. The Bertz CT molecular complexity index is 621. The molecule has 4 heteroatoms. The molecule has 4 nitrogen and oxygen atoms in total. The zero-order chi connectivity index (χ0) is 15.4. The first kappa shape index (κ1) is 14.6. The molecule has 1 aliphatic rings. The molecule has 1 atom stereocenters. The van der Waals surface area contributed by atoms with E-state index in [1.165, 1.54) is 0 Å². The van der Waals surface area contributed by atoms with Crippen molar-refractivity contribution in [3.8, 4) is 0 Å². The first-order valence-corrected chi connectivity index (χ1v) is 7.66. The minimum atomic E-state index is 0.0448. The average molecular weight is 295 g/mol. The van der Waals surface area contributed by atoms with Crippen molar-refractivity contribution in [3.63, 3.8) is 0 Å². The first-order chi connectivity index (χ1) is 10.7. The van der Waals surface area contributed by atoms with Crippen LogP contribution in [0.3, 0.4) is 0 Å². The first-order valence-electron chi connectivity index (χ1n) is 7.66. The Kier molecular flexibility index (Phi) is 4.39. The van der Waals surface area contributed by atoms with Gasteiger partial charge in [0.25, 0.3) is 0 Å². The Labute approximate surface area is 130 Å². The lowest BCUT2D eigenvalue weighted by Crippen LogP contribution is -2.48.